The van der Waals surface area contributed by atoms with E-state index >= 15 is 0 Å². The fourth-order valence-electron chi connectivity index (χ4n) is 2.51. The van der Waals surface area contributed by atoms with Crippen molar-refractivity contribution in [3.8, 4) is 0 Å². The molecule has 1 aliphatic carbocycles. The molecule has 7 nitrogen and oxygen atoms in total. The van der Waals surface area contributed by atoms with Crippen LogP contribution in [0.4, 0.5) is 0 Å². The molecule has 2 atom stereocenters. The van der Waals surface area contributed by atoms with Gasteiger partial charge >= 0.3 is 5.97 Å². The van der Waals surface area contributed by atoms with Gasteiger partial charge in [-0.3, -0.25) is 4.79 Å². The molecular formula is C12H23NO6S. The average Bonchev–Trinajstić information content (AvgIpc) is 2.94. The molecule has 0 aromatic heterocycles. The molecule has 3 N–H and O–H groups in total. The fourth-order valence-corrected chi connectivity index (χ4v) is 4.69. The third kappa shape index (κ3) is 3.49. The van der Waals surface area contributed by atoms with Crippen molar-refractivity contribution in [3.05, 3.63) is 0 Å². The summed E-state index contributed by atoms with van der Waals surface area (Å²) in [4.78, 5) is 11.6. The molecule has 8 heteroatoms. The third-order valence-corrected chi connectivity index (χ3v) is 6.07. The number of rotatable bonds is 7. The first kappa shape index (κ1) is 17.4. The van der Waals surface area contributed by atoms with E-state index in [9.17, 15) is 23.4 Å². The van der Waals surface area contributed by atoms with Gasteiger partial charge in [-0.25, -0.2) is 13.1 Å². The van der Waals surface area contributed by atoms with E-state index in [0.717, 1.165) is 0 Å². The predicted octanol–water partition coefficient (Wildman–Crippen LogP) is -0.619. The van der Waals surface area contributed by atoms with Crippen molar-refractivity contribution in [1.82, 2.24) is 4.72 Å². The Morgan fingerprint density at radius 1 is 1.35 bits per heavy atom. The number of sulfonamides is 1. The third-order valence-electron chi connectivity index (χ3n) is 4.00. The van der Waals surface area contributed by atoms with Crippen LogP contribution < -0.4 is 4.72 Å². The highest BCUT2D eigenvalue weighted by Gasteiger charge is 2.45. The first-order valence-electron chi connectivity index (χ1n) is 6.68. The number of esters is 1. The Labute approximate surface area is 119 Å². The maximum atomic E-state index is 12.4. The molecule has 0 radical (unpaired) electrons. The van der Waals surface area contributed by atoms with Gasteiger partial charge in [-0.05, 0) is 19.3 Å². The Bertz CT molecular complexity index is 423. The van der Waals surface area contributed by atoms with E-state index in [1.165, 1.54) is 7.11 Å². The number of aliphatic hydroxyl groups is 2. The highest BCUT2D eigenvalue weighted by Crippen LogP contribution is 2.32. The van der Waals surface area contributed by atoms with Crippen molar-refractivity contribution in [1.29, 1.82) is 0 Å². The summed E-state index contributed by atoms with van der Waals surface area (Å²) in [5.41, 5.74) is -1.29. The Morgan fingerprint density at radius 2 is 1.95 bits per heavy atom. The highest BCUT2D eigenvalue weighted by atomic mass is 32.2. The molecular weight excluding hydrogens is 286 g/mol. The van der Waals surface area contributed by atoms with Crippen LogP contribution in [0, 0.1) is 5.92 Å². The number of methoxy groups -OCH3 is 1. The van der Waals surface area contributed by atoms with Crippen LogP contribution in [0.25, 0.3) is 0 Å². The molecule has 1 fully saturated rings. The van der Waals surface area contributed by atoms with Crippen molar-refractivity contribution in [2.45, 2.75) is 43.4 Å². The zero-order valence-corrected chi connectivity index (χ0v) is 12.6. The van der Waals surface area contributed by atoms with Crippen LogP contribution in [-0.2, 0) is 19.6 Å². The van der Waals surface area contributed by atoms with Crippen LogP contribution in [-0.4, -0.2) is 55.7 Å². The smallest absolute Gasteiger partial charge is 0.310 e. The van der Waals surface area contributed by atoms with Gasteiger partial charge in [0.2, 0.25) is 10.0 Å². The van der Waals surface area contributed by atoms with E-state index in [1.807, 2.05) is 0 Å². The van der Waals surface area contributed by atoms with Crippen molar-refractivity contribution >= 4 is 16.0 Å². The fraction of sp³-hybridized carbons (Fsp3) is 0.917. The molecule has 2 unspecified atom stereocenters. The van der Waals surface area contributed by atoms with Gasteiger partial charge in [0.1, 0.15) is 0 Å². The molecule has 0 saturated heterocycles. The molecule has 0 aromatic rings. The van der Waals surface area contributed by atoms with Gasteiger partial charge in [-0.1, -0.05) is 13.3 Å². The van der Waals surface area contributed by atoms with Crippen molar-refractivity contribution in [2.24, 2.45) is 5.92 Å². The van der Waals surface area contributed by atoms with Gasteiger partial charge in [-0.15, -0.1) is 0 Å². The minimum Gasteiger partial charge on any atom is -0.469 e. The Balaban J connectivity index is 2.95. The van der Waals surface area contributed by atoms with Gasteiger partial charge in [0.05, 0.1) is 37.0 Å². The quantitative estimate of drug-likeness (QED) is 0.540. The number of hydrogen-bond donors (Lipinski definition) is 3. The lowest BCUT2D eigenvalue weighted by molar-refractivity contribution is -0.145. The molecule has 0 amide bonds. The van der Waals surface area contributed by atoms with E-state index in [2.05, 4.69) is 9.46 Å². The van der Waals surface area contributed by atoms with E-state index < -0.39 is 45.9 Å². The summed E-state index contributed by atoms with van der Waals surface area (Å²) in [6, 6.07) is 0. The van der Waals surface area contributed by atoms with Gasteiger partial charge in [0.15, 0.2) is 0 Å². The summed E-state index contributed by atoms with van der Waals surface area (Å²) >= 11 is 0. The van der Waals surface area contributed by atoms with Crippen LogP contribution in [0.2, 0.25) is 0 Å². The van der Waals surface area contributed by atoms with E-state index in [0.29, 0.717) is 19.3 Å². The van der Waals surface area contributed by atoms with Crippen molar-refractivity contribution < 1.29 is 28.2 Å². The van der Waals surface area contributed by atoms with Crippen LogP contribution in [0.1, 0.15) is 32.6 Å². The zero-order chi connectivity index (χ0) is 15.4. The molecule has 20 heavy (non-hydrogen) atoms. The monoisotopic (exact) mass is 309 g/mol. The molecule has 118 valence electrons. The number of aliphatic hydroxyl groups excluding tert-OH is 2. The standard InChI is InChI=1S/C12H23NO6S/c1-3-12(7-14,8-15)13-20(17,18)10-6-4-5-9(10)11(16)19-2/h9-10,13-15H,3-8H2,1-2H3. The van der Waals surface area contributed by atoms with Gasteiger partial charge in [0, 0.05) is 0 Å². The topological polar surface area (TPSA) is 113 Å². The van der Waals surface area contributed by atoms with E-state index in [1.54, 1.807) is 6.92 Å². The average molecular weight is 309 g/mol. The summed E-state index contributed by atoms with van der Waals surface area (Å²) in [5.74, 6) is -1.22. The predicted molar refractivity (Wildman–Crippen MR) is 72.4 cm³/mol. The van der Waals surface area contributed by atoms with Crippen molar-refractivity contribution in [3.63, 3.8) is 0 Å². The van der Waals surface area contributed by atoms with Gasteiger partial charge in [-0.2, -0.15) is 0 Å². The van der Waals surface area contributed by atoms with Crippen LogP contribution in [0.5, 0.6) is 0 Å². The summed E-state index contributed by atoms with van der Waals surface area (Å²) in [6.45, 7) is 0.658. The second kappa shape index (κ2) is 6.84. The molecule has 0 aliphatic heterocycles. The molecule has 0 spiro atoms. The van der Waals surface area contributed by atoms with Crippen LogP contribution >= 0.6 is 0 Å². The normalized spacial score (nSPS) is 23.8. The second-order valence-corrected chi connectivity index (χ2v) is 7.10. The molecule has 0 bridgehead atoms. The number of carbonyl (C=O) groups excluding carboxylic acids is 1. The number of carbonyl (C=O) groups is 1. The van der Waals surface area contributed by atoms with E-state index in [-0.39, 0.29) is 6.42 Å². The molecule has 0 heterocycles. The minimum atomic E-state index is -3.83. The maximum Gasteiger partial charge on any atom is 0.310 e. The second-order valence-electron chi connectivity index (χ2n) is 5.20. The number of nitrogens with one attached hydrogen (secondary N) is 1. The summed E-state index contributed by atoms with van der Waals surface area (Å²) < 4.78 is 31.8. The molecule has 1 saturated carbocycles. The lowest BCUT2D eigenvalue weighted by Crippen LogP contribution is -2.56. The highest BCUT2D eigenvalue weighted by molar-refractivity contribution is 7.90. The van der Waals surface area contributed by atoms with E-state index in [4.69, 9.17) is 0 Å². The summed E-state index contributed by atoms with van der Waals surface area (Å²) in [7, 11) is -2.60. The van der Waals surface area contributed by atoms with Crippen molar-refractivity contribution in [2.75, 3.05) is 20.3 Å². The zero-order valence-electron chi connectivity index (χ0n) is 11.8. The molecule has 1 aliphatic rings. The Hall–Kier alpha value is -0.700. The lowest BCUT2D eigenvalue weighted by atomic mass is 10.0. The number of hydrogen-bond acceptors (Lipinski definition) is 6. The SMILES string of the molecule is CCC(CO)(CO)NS(=O)(=O)C1CCCC1C(=O)OC. The Morgan fingerprint density at radius 3 is 2.40 bits per heavy atom. The lowest BCUT2D eigenvalue weighted by Gasteiger charge is -2.31. The molecule has 1 rings (SSSR count). The minimum absolute atomic E-state index is 0.245. The summed E-state index contributed by atoms with van der Waals surface area (Å²) in [6.07, 6.45) is 1.71. The van der Waals surface area contributed by atoms with Crippen LogP contribution in [0.3, 0.4) is 0 Å². The first-order chi connectivity index (χ1) is 9.35. The maximum absolute atomic E-state index is 12.4. The Kier molecular flexibility index (Phi) is 5.93. The summed E-state index contributed by atoms with van der Waals surface area (Å²) in [5, 5.41) is 17.8. The van der Waals surface area contributed by atoms with Gasteiger partial charge in [0.25, 0.3) is 0 Å². The number of ether oxygens (including phenoxy) is 1. The first-order valence-corrected chi connectivity index (χ1v) is 8.22. The largest absolute Gasteiger partial charge is 0.469 e. The van der Waals surface area contributed by atoms with Crippen LogP contribution in [0.15, 0.2) is 0 Å². The van der Waals surface area contributed by atoms with Gasteiger partial charge < -0.3 is 14.9 Å². The molecule has 0 aromatic carbocycles.